The maximum atomic E-state index is 10.8. The van der Waals surface area contributed by atoms with E-state index in [0.717, 1.165) is 4.47 Å². The average molecular weight is 319 g/mol. The Hall–Kier alpha value is -2.39. The predicted molar refractivity (Wildman–Crippen MR) is 70.1 cm³/mol. The van der Waals surface area contributed by atoms with Crippen LogP contribution in [0.2, 0.25) is 0 Å². The quantitative estimate of drug-likeness (QED) is 0.939. The van der Waals surface area contributed by atoms with Crippen molar-refractivity contribution in [3.8, 4) is 17.6 Å². The standard InChI is InChI=1S/C13H7BrN2O3/c14-10-2-1-8(5-15)12(4-10)19-11-3-9(13(17)18)6-16-7-11/h1-4,6-7H,(H,17,18). The SMILES string of the molecule is N#Cc1ccc(Br)cc1Oc1cncc(C(=O)O)c1. The normalized spacial score (nSPS) is 9.68. The first-order chi connectivity index (χ1) is 9.10. The molecule has 2 aromatic rings. The molecule has 5 nitrogen and oxygen atoms in total. The lowest BCUT2D eigenvalue weighted by atomic mass is 10.2. The third-order valence-electron chi connectivity index (χ3n) is 2.25. The van der Waals surface area contributed by atoms with Crippen LogP contribution < -0.4 is 4.74 Å². The summed E-state index contributed by atoms with van der Waals surface area (Å²) in [5.74, 6) is -0.497. The van der Waals surface area contributed by atoms with Crippen LogP contribution in [0.1, 0.15) is 15.9 Å². The van der Waals surface area contributed by atoms with E-state index in [4.69, 9.17) is 15.1 Å². The summed E-state index contributed by atoms with van der Waals surface area (Å²) in [6, 6.07) is 8.30. The number of carbonyl (C=O) groups is 1. The highest BCUT2D eigenvalue weighted by Gasteiger charge is 2.09. The van der Waals surface area contributed by atoms with Gasteiger partial charge in [0.1, 0.15) is 17.6 Å². The lowest BCUT2D eigenvalue weighted by Crippen LogP contribution is -1.98. The third kappa shape index (κ3) is 3.09. The van der Waals surface area contributed by atoms with E-state index >= 15 is 0 Å². The first-order valence-corrected chi connectivity index (χ1v) is 5.95. The van der Waals surface area contributed by atoms with E-state index < -0.39 is 5.97 Å². The van der Waals surface area contributed by atoms with Crippen molar-refractivity contribution >= 4 is 21.9 Å². The van der Waals surface area contributed by atoms with E-state index in [9.17, 15) is 4.79 Å². The van der Waals surface area contributed by atoms with Crippen molar-refractivity contribution in [2.45, 2.75) is 0 Å². The molecule has 1 N–H and O–H groups in total. The van der Waals surface area contributed by atoms with Gasteiger partial charge in [0.2, 0.25) is 0 Å². The highest BCUT2D eigenvalue weighted by atomic mass is 79.9. The molecule has 6 heteroatoms. The van der Waals surface area contributed by atoms with Crippen molar-refractivity contribution in [2.24, 2.45) is 0 Å². The van der Waals surface area contributed by atoms with Crippen LogP contribution in [-0.2, 0) is 0 Å². The van der Waals surface area contributed by atoms with Gasteiger partial charge in [-0.05, 0) is 24.3 Å². The van der Waals surface area contributed by atoms with Crippen LogP contribution >= 0.6 is 15.9 Å². The highest BCUT2D eigenvalue weighted by Crippen LogP contribution is 2.28. The first-order valence-electron chi connectivity index (χ1n) is 5.16. The summed E-state index contributed by atoms with van der Waals surface area (Å²) in [6.07, 6.45) is 2.61. The Morgan fingerprint density at radius 2 is 2.16 bits per heavy atom. The zero-order chi connectivity index (χ0) is 13.8. The zero-order valence-electron chi connectivity index (χ0n) is 9.50. The minimum atomic E-state index is -1.09. The van der Waals surface area contributed by atoms with E-state index in [2.05, 4.69) is 20.9 Å². The maximum Gasteiger partial charge on any atom is 0.337 e. The number of ether oxygens (including phenoxy) is 1. The van der Waals surface area contributed by atoms with Crippen LogP contribution in [0, 0.1) is 11.3 Å². The second-order valence-corrected chi connectivity index (χ2v) is 4.48. The van der Waals surface area contributed by atoms with Gasteiger partial charge in [-0.25, -0.2) is 4.79 Å². The molecule has 0 unspecified atom stereocenters. The summed E-state index contributed by atoms with van der Waals surface area (Å²) >= 11 is 3.28. The molecular weight excluding hydrogens is 312 g/mol. The molecule has 1 heterocycles. The van der Waals surface area contributed by atoms with E-state index in [-0.39, 0.29) is 11.3 Å². The molecule has 0 radical (unpaired) electrons. The Balaban J connectivity index is 2.36. The van der Waals surface area contributed by atoms with Crippen molar-refractivity contribution in [2.75, 3.05) is 0 Å². The number of carboxylic acid groups (broad SMARTS) is 1. The van der Waals surface area contributed by atoms with Gasteiger partial charge in [0.25, 0.3) is 0 Å². The van der Waals surface area contributed by atoms with Gasteiger partial charge in [-0.3, -0.25) is 4.98 Å². The van der Waals surface area contributed by atoms with Gasteiger partial charge < -0.3 is 9.84 Å². The molecule has 94 valence electrons. The van der Waals surface area contributed by atoms with Crippen LogP contribution in [0.4, 0.5) is 0 Å². The molecule has 0 saturated carbocycles. The van der Waals surface area contributed by atoms with Gasteiger partial charge in [-0.1, -0.05) is 15.9 Å². The summed E-state index contributed by atoms with van der Waals surface area (Å²) in [6.45, 7) is 0. The second-order valence-electron chi connectivity index (χ2n) is 3.57. The van der Waals surface area contributed by atoms with E-state index in [1.807, 2.05) is 6.07 Å². The minimum Gasteiger partial charge on any atom is -0.478 e. The van der Waals surface area contributed by atoms with Crippen molar-refractivity contribution in [3.05, 3.63) is 52.3 Å². The van der Waals surface area contributed by atoms with Crippen molar-refractivity contribution in [3.63, 3.8) is 0 Å². The third-order valence-corrected chi connectivity index (χ3v) is 2.75. The van der Waals surface area contributed by atoms with Gasteiger partial charge in [0.05, 0.1) is 17.3 Å². The zero-order valence-corrected chi connectivity index (χ0v) is 11.1. The molecule has 0 bridgehead atoms. The van der Waals surface area contributed by atoms with E-state index in [0.29, 0.717) is 11.3 Å². The molecule has 0 aliphatic carbocycles. The molecule has 0 atom stereocenters. The summed E-state index contributed by atoms with van der Waals surface area (Å²) in [5, 5.41) is 17.8. The average Bonchev–Trinajstić information content (AvgIpc) is 2.39. The van der Waals surface area contributed by atoms with Gasteiger partial charge >= 0.3 is 5.97 Å². The second kappa shape index (κ2) is 5.50. The lowest BCUT2D eigenvalue weighted by molar-refractivity contribution is 0.0696. The predicted octanol–water partition coefficient (Wildman–Crippen LogP) is 3.21. The lowest BCUT2D eigenvalue weighted by Gasteiger charge is -2.07. The van der Waals surface area contributed by atoms with E-state index in [1.165, 1.54) is 18.5 Å². The summed E-state index contributed by atoms with van der Waals surface area (Å²) in [7, 11) is 0. The molecule has 19 heavy (non-hydrogen) atoms. The van der Waals surface area contributed by atoms with Gasteiger partial charge in [-0.2, -0.15) is 5.26 Å². The van der Waals surface area contributed by atoms with Gasteiger partial charge in [0, 0.05) is 10.7 Å². The van der Waals surface area contributed by atoms with Crippen LogP contribution in [0.15, 0.2) is 41.1 Å². The molecule has 0 aliphatic heterocycles. The molecule has 0 fully saturated rings. The number of benzene rings is 1. The number of rotatable bonds is 3. The molecular formula is C13H7BrN2O3. The van der Waals surface area contributed by atoms with Crippen LogP contribution in [0.3, 0.4) is 0 Å². The molecule has 0 saturated heterocycles. The van der Waals surface area contributed by atoms with Crippen molar-refractivity contribution in [1.82, 2.24) is 4.98 Å². The maximum absolute atomic E-state index is 10.8. The molecule has 0 amide bonds. The molecule has 0 spiro atoms. The number of carboxylic acids is 1. The first kappa shape index (κ1) is 13.1. The number of nitriles is 1. The fraction of sp³-hybridized carbons (Fsp3) is 0. The molecule has 0 aliphatic rings. The fourth-order valence-corrected chi connectivity index (χ4v) is 1.73. The Labute approximate surface area is 117 Å². The monoisotopic (exact) mass is 318 g/mol. The number of hydrogen-bond acceptors (Lipinski definition) is 4. The number of aromatic nitrogens is 1. The van der Waals surface area contributed by atoms with Crippen LogP contribution in [0.25, 0.3) is 0 Å². The van der Waals surface area contributed by atoms with E-state index in [1.54, 1.807) is 18.2 Å². The fourth-order valence-electron chi connectivity index (χ4n) is 1.39. The van der Waals surface area contributed by atoms with Crippen LogP contribution in [0.5, 0.6) is 11.5 Å². The van der Waals surface area contributed by atoms with Gasteiger partial charge in [0.15, 0.2) is 0 Å². The minimum absolute atomic E-state index is 0.0194. The summed E-state index contributed by atoms with van der Waals surface area (Å²) in [4.78, 5) is 14.6. The Kier molecular flexibility index (Phi) is 3.78. The Morgan fingerprint density at radius 1 is 1.37 bits per heavy atom. The molecule has 1 aromatic carbocycles. The number of pyridine rings is 1. The number of nitrogens with zero attached hydrogens (tertiary/aromatic N) is 2. The summed E-state index contributed by atoms with van der Waals surface area (Å²) < 4.78 is 6.25. The molecule has 2 rings (SSSR count). The van der Waals surface area contributed by atoms with Gasteiger partial charge in [-0.15, -0.1) is 0 Å². The Bertz CT molecular complexity index is 680. The number of aromatic carboxylic acids is 1. The topological polar surface area (TPSA) is 83.2 Å². The largest absolute Gasteiger partial charge is 0.478 e. The number of hydrogen-bond donors (Lipinski definition) is 1. The smallest absolute Gasteiger partial charge is 0.337 e. The number of halogens is 1. The Morgan fingerprint density at radius 3 is 2.84 bits per heavy atom. The highest BCUT2D eigenvalue weighted by molar-refractivity contribution is 9.10. The van der Waals surface area contributed by atoms with Crippen molar-refractivity contribution in [1.29, 1.82) is 5.26 Å². The van der Waals surface area contributed by atoms with Crippen molar-refractivity contribution < 1.29 is 14.6 Å². The summed E-state index contributed by atoms with van der Waals surface area (Å²) in [5.41, 5.74) is 0.370. The van der Waals surface area contributed by atoms with Crippen LogP contribution in [-0.4, -0.2) is 16.1 Å². The molecule has 1 aromatic heterocycles.